The van der Waals surface area contributed by atoms with Crippen molar-refractivity contribution in [3.05, 3.63) is 52.9 Å². The number of anilines is 1. The lowest BCUT2D eigenvalue weighted by molar-refractivity contribution is -0.137. The summed E-state index contributed by atoms with van der Waals surface area (Å²) >= 11 is 5.80. The van der Waals surface area contributed by atoms with Gasteiger partial charge in [-0.3, -0.25) is 4.79 Å². The van der Waals surface area contributed by atoms with Crippen LogP contribution in [0.4, 0.5) is 19.0 Å². The second-order valence-electron chi connectivity index (χ2n) is 5.37. The van der Waals surface area contributed by atoms with Crippen LogP contribution in [0.1, 0.15) is 15.9 Å². The summed E-state index contributed by atoms with van der Waals surface area (Å²) in [6.07, 6.45) is -2.26. The number of imidazole rings is 1. The fraction of sp³-hybridized carbons (Fsp3) is 0.188. The van der Waals surface area contributed by atoms with E-state index in [1.54, 1.807) is 18.2 Å². The highest BCUT2D eigenvalue weighted by molar-refractivity contribution is 6.32. The Labute approximate surface area is 150 Å². The van der Waals surface area contributed by atoms with Crippen molar-refractivity contribution in [2.45, 2.75) is 6.18 Å². The molecule has 2 aromatic heterocycles. The quantitative estimate of drug-likeness (QED) is 0.589. The Balaban J connectivity index is 1.53. The summed E-state index contributed by atoms with van der Waals surface area (Å²) in [5.74, 6) is -0.164. The maximum Gasteiger partial charge on any atom is 0.417 e. The van der Waals surface area contributed by atoms with E-state index in [1.807, 2.05) is 0 Å². The van der Waals surface area contributed by atoms with Gasteiger partial charge in [0.25, 0.3) is 5.91 Å². The van der Waals surface area contributed by atoms with E-state index >= 15 is 0 Å². The lowest BCUT2D eigenvalue weighted by atomic mass is 10.2. The maximum absolute atomic E-state index is 12.6. The van der Waals surface area contributed by atoms with Gasteiger partial charge < -0.3 is 15.6 Å². The Hall–Kier alpha value is -2.81. The fourth-order valence-corrected chi connectivity index (χ4v) is 2.49. The third kappa shape index (κ3) is 4.05. The number of benzene rings is 1. The van der Waals surface area contributed by atoms with Crippen molar-refractivity contribution in [1.82, 2.24) is 20.3 Å². The lowest BCUT2D eigenvalue weighted by Crippen LogP contribution is -2.29. The first-order valence-corrected chi connectivity index (χ1v) is 7.90. The summed E-state index contributed by atoms with van der Waals surface area (Å²) in [6.45, 7) is 0.481. The normalized spacial score (nSPS) is 11.5. The van der Waals surface area contributed by atoms with Crippen molar-refractivity contribution in [3.63, 3.8) is 0 Å². The molecular formula is C16H13ClF3N5O. The number of halogens is 4. The molecule has 0 fully saturated rings. The van der Waals surface area contributed by atoms with E-state index < -0.39 is 11.7 Å². The van der Waals surface area contributed by atoms with Crippen molar-refractivity contribution in [2.24, 2.45) is 0 Å². The molecule has 6 nitrogen and oxygen atoms in total. The van der Waals surface area contributed by atoms with Gasteiger partial charge >= 0.3 is 6.18 Å². The molecule has 2 heterocycles. The van der Waals surface area contributed by atoms with Gasteiger partial charge in [0.1, 0.15) is 5.82 Å². The summed E-state index contributed by atoms with van der Waals surface area (Å²) in [5.41, 5.74) is 1.05. The topological polar surface area (TPSA) is 82.7 Å². The molecule has 0 atom stereocenters. The Kier molecular flexibility index (Phi) is 4.99. The molecule has 0 aliphatic carbocycles. The average molecular weight is 384 g/mol. The number of carbonyl (C=O) groups excluding carboxylic acids is 1. The predicted octanol–water partition coefficient (Wildman–Crippen LogP) is 3.47. The highest BCUT2D eigenvalue weighted by Crippen LogP contribution is 2.32. The highest BCUT2D eigenvalue weighted by atomic mass is 35.5. The zero-order valence-electron chi connectivity index (χ0n) is 13.2. The number of aromatic nitrogens is 3. The van der Waals surface area contributed by atoms with E-state index in [0.29, 0.717) is 11.8 Å². The number of pyridine rings is 1. The summed E-state index contributed by atoms with van der Waals surface area (Å²) in [6, 6.07) is 5.86. The van der Waals surface area contributed by atoms with Crippen molar-refractivity contribution >= 4 is 34.4 Å². The molecule has 3 N–H and O–H groups in total. The molecule has 0 saturated heterocycles. The monoisotopic (exact) mass is 383 g/mol. The molecule has 0 saturated carbocycles. The average Bonchev–Trinajstić information content (AvgIpc) is 3.06. The second kappa shape index (κ2) is 7.20. The van der Waals surface area contributed by atoms with Crippen LogP contribution in [0.2, 0.25) is 5.02 Å². The Morgan fingerprint density at radius 2 is 2.00 bits per heavy atom. The molecule has 0 unspecified atom stereocenters. The number of nitrogens with one attached hydrogen (secondary N) is 3. The van der Waals surface area contributed by atoms with Gasteiger partial charge in [0.05, 0.1) is 27.9 Å². The van der Waals surface area contributed by atoms with Crippen LogP contribution in [0.15, 0.2) is 36.8 Å². The molecule has 3 aromatic rings. The molecule has 1 aromatic carbocycles. The first kappa shape index (κ1) is 18.0. The Bertz CT molecular complexity index is 941. The highest BCUT2D eigenvalue weighted by Gasteiger charge is 2.31. The molecule has 26 heavy (non-hydrogen) atoms. The number of fused-ring (bicyclic) bond motifs is 1. The number of alkyl halides is 3. The van der Waals surface area contributed by atoms with Crippen LogP contribution in [-0.4, -0.2) is 33.9 Å². The summed E-state index contributed by atoms with van der Waals surface area (Å²) in [4.78, 5) is 22.8. The van der Waals surface area contributed by atoms with E-state index in [9.17, 15) is 18.0 Å². The Morgan fingerprint density at radius 1 is 1.19 bits per heavy atom. The molecule has 10 heteroatoms. The van der Waals surface area contributed by atoms with Gasteiger partial charge in [-0.15, -0.1) is 0 Å². The van der Waals surface area contributed by atoms with Crippen LogP contribution >= 0.6 is 11.6 Å². The van der Waals surface area contributed by atoms with E-state index in [0.717, 1.165) is 17.1 Å². The largest absolute Gasteiger partial charge is 0.417 e. The smallest absolute Gasteiger partial charge is 0.367 e. The number of hydrogen-bond acceptors (Lipinski definition) is 4. The number of carbonyl (C=O) groups is 1. The van der Waals surface area contributed by atoms with Crippen LogP contribution in [0.3, 0.4) is 0 Å². The van der Waals surface area contributed by atoms with Crippen molar-refractivity contribution < 1.29 is 18.0 Å². The van der Waals surface area contributed by atoms with Gasteiger partial charge in [-0.2, -0.15) is 13.2 Å². The minimum atomic E-state index is -4.50. The number of amides is 1. The van der Waals surface area contributed by atoms with Gasteiger partial charge in [0.2, 0.25) is 0 Å². The van der Waals surface area contributed by atoms with Gasteiger partial charge in [0, 0.05) is 24.8 Å². The number of H-pyrrole nitrogens is 1. The standard InChI is InChI=1S/C16H13ClF3N5O/c17-11-6-10(16(18,19)20)7-23-14(11)21-3-4-22-15(26)9-1-2-12-13(5-9)25-8-24-12/h1-2,5-8H,3-4H2,(H,21,23)(H,22,26)(H,24,25). The number of aromatic amines is 1. The maximum atomic E-state index is 12.6. The SMILES string of the molecule is O=C(NCCNc1ncc(C(F)(F)F)cc1Cl)c1ccc2nc[nH]c2c1. The first-order valence-electron chi connectivity index (χ1n) is 7.52. The van der Waals surface area contributed by atoms with Gasteiger partial charge in [-0.25, -0.2) is 9.97 Å². The van der Waals surface area contributed by atoms with Crippen LogP contribution in [-0.2, 0) is 6.18 Å². The summed E-state index contributed by atoms with van der Waals surface area (Å²) in [7, 11) is 0. The van der Waals surface area contributed by atoms with Crippen molar-refractivity contribution in [3.8, 4) is 0 Å². The minimum absolute atomic E-state index is 0.118. The second-order valence-corrected chi connectivity index (χ2v) is 5.78. The summed E-state index contributed by atoms with van der Waals surface area (Å²) in [5, 5.41) is 5.33. The summed E-state index contributed by atoms with van der Waals surface area (Å²) < 4.78 is 37.7. The number of hydrogen-bond donors (Lipinski definition) is 3. The third-order valence-electron chi connectivity index (χ3n) is 3.55. The zero-order chi connectivity index (χ0) is 18.7. The van der Waals surface area contributed by atoms with E-state index in [4.69, 9.17) is 11.6 Å². The van der Waals surface area contributed by atoms with Crippen molar-refractivity contribution in [1.29, 1.82) is 0 Å². The van der Waals surface area contributed by atoms with E-state index in [-0.39, 0.29) is 29.8 Å². The van der Waals surface area contributed by atoms with Crippen LogP contribution in [0.5, 0.6) is 0 Å². The third-order valence-corrected chi connectivity index (χ3v) is 3.84. The van der Waals surface area contributed by atoms with Gasteiger partial charge in [-0.05, 0) is 24.3 Å². The van der Waals surface area contributed by atoms with E-state index in [1.165, 1.54) is 6.33 Å². The lowest BCUT2D eigenvalue weighted by Gasteiger charge is -2.11. The molecule has 0 aliphatic heterocycles. The molecule has 0 spiro atoms. The number of nitrogens with zero attached hydrogens (tertiary/aromatic N) is 2. The molecule has 136 valence electrons. The minimum Gasteiger partial charge on any atom is -0.367 e. The van der Waals surface area contributed by atoms with E-state index in [2.05, 4.69) is 25.6 Å². The Morgan fingerprint density at radius 3 is 2.73 bits per heavy atom. The molecule has 3 rings (SSSR count). The van der Waals surface area contributed by atoms with Crippen LogP contribution in [0.25, 0.3) is 11.0 Å². The molecule has 1 amide bonds. The molecule has 0 aliphatic rings. The molecular weight excluding hydrogens is 371 g/mol. The van der Waals surface area contributed by atoms with Crippen molar-refractivity contribution in [2.75, 3.05) is 18.4 Å². The fourth-order valence-electron chi connectivity index (χ4n) is 2.26. The molecule has 0 bridgehead atoms. The van der Waals surface area contributed by atoms with Crippen LogP contribution < -0.4 is 10.6 Å². The molecule has 0 radical (unpaired) electrons. The zero-order valence-corrected chi connectivity index (χ0v) is 13.9. The van der Waals surface area contributed by atoms with Gasteiger partial charge in [-0.1, -0.05) is 11.6 Å². The van der Waals surface area contributed by atoms with Crippen LogP contribution in [0, 0.1) is 0 Å². The first-order chi connectivity index (χ1) is 12.3. The van der Waals surface area contributed by atoms with Gasteiger partial charge in [0.15, 0.2) is 0 Å². The number of rotatable bonds is 5. The predicted molar refractivity (Wildman–Crippen MR) is 91.2 cm³/mol.